The molecule has 16 nitrogen and oxygen atoms in total. The summed E-state index contributed by atoms with van der Waals surface area (Å²) in [5.41, 5.74) is 0.514. The largest absolute Gasteiger partial charge is 0.508 e. The van der Waals surface area contributed by atoms with E-state index in [1.165, 1.54) is 13.8 Å². The third-order valence-electron chi connectivity index (χ3n) is 6.75. The normalized spacial score (nSPS) is 12.4. The number of H-pyrrole nitrogens is 1. The number of carbonyl (C=O) groups is 7. The molecular formula is C30H41N5O11S. The lowest BCUT2D eigenvalue weighted by atomic mass is 9.87. The van der Waals surface area contributed by atoms with E-state index in [0.29, 0.717) is 13.0 Å². The van der Waals surface area contributed by atoms with Gasteiger partial charge >= 0.3 is 11.9 Å². The van der Waals surface area contributed by atoms with Crippen LogP contribution in [-0.2, 0) is 44.7 Å². The van der Waals surface area contributed by atoms with E-state index >= 15 is 0 Å². The second-order valence-corrected chi connectivity index (χ2v) is 12.4. The summed E-state index contributed by atoms with van der Waals surface area (Å²) >= 11 is 0.897. The summed E-state index contributed by atoms with van der Waals surface area (Å²) in [6.07, 6.45) is -0.416. The van der Waals surface area contributed by atoms with Crippen LogP contribution in [0.25, 0.3) is 10.9 Å². The van der Waals surface area contributed by atoms with Crippen molar-refractivity contribution < 1.29 is 53.6 Å². The van der Waals surface area contributed by atoms with E-state index in [0.717, 1.165) is 35.2 Å². The van der Waals surface area contributed by atoms with Crippen molar-refractivity contribution in [2.45, 2.75) is 58.6 Å². The number of fused-ring (bicyclic) bond motifs is 1. The number of rotatable bonds is 19. The van der Waals surface area contributed by atoms with Crippen molar-refractivity contribution >= 4 is 63.3 Å². The highest BCUT2D eigenvalue weighted by Gasteiger charge is 2.35. The molecule has 2 aromatic rings. The molecule has 0 bridgehead atoms. The Morgan fingerprint density at radius 2 is 1.70 bits per heavy atom. The number of carbonyl (C=O) groups excluding carboxylic acids is 6. The van der Waals surface area contributed by atoms with Gasteiger partial charge in [0.25, 0.3) is 0 Å². The number of aromatic amines is 1. The molecule has 0 aliphatic carbocycles. The molecule has 0 spiro atoms. The average molecular weight is 680 g/mol. The molecule has 0 aliphatic rings. The maximum Gasteiger partial charge on any atom is 0.326 e. The monoisotopic (exact) mass is 679 g/mol. The Kier molecular flexibility index (Phi) is 15.2. The fourth-order valence-electron chi connectivity index (χ4n) is 4.17. The second kappa shape index (κ2) is 18.5. The Morgan fingerprint density at radius 1 is 1.00 bits per heavy atom. The lowest BCUT2D eigenvalue weighted by Crippen LogP contribution is -2.47. The molecule has 47 heavy (non-hydrogen) atoms. The topological polar surface area (TPSA) is 253 Å². The Hall–Kier alpha value is -4.64. The van der Waals surface area contributed by atoms with Gasteiger partial charge in [0.15, 0.2) is 5.12 Å². The minimum Gasteiger partial charge on any atom is -0.508 e. The van der Waals surface area contributed by atoms with Gasteiger partial charge in [-0.05, 0) is 30.2 Å². The molecule has 0 saturated carbocycles. The zero-order valence-corrected chi connectivity index (χ0v) is 27.2. The maximum absolute atomic E-state index is 12.4. The summed E-state index contributed by atoms with van der Waals surface area (Å²) in [5, 5.41) is 39.5. The van der Waals surface area contributed by atoms with Gasteiger partial charge in [-0.1, -0.05) is 25.6 Å². The van der Waals surface area contributed by atoms with Gasteiger partial charge < -0.3 is 46.3 Å². The highest BCUT2D eigenvalue weighted by molar-refractivity contribution is 8.13. The quantitative estimate of drug-likeness (QED) is 0.0542. The number of esters is 1. The van der Waals surface area contributed by atoms with Gasteiger partial charge in [0.2, 0.25) is 23.6 Å². The summed E-state index contributed by atoms with van der Waals surface area (Å²) in [6, 6.07) is 3.48. The fraction of sp³-hybridized carbons (Fsp3) is 0.500. The van der Waals surface area contributed by atoms with Crippen LogP contribution in [0, 0.1) is 5.41 Å². The molecule has 4 amide bonds. The number of ether oxygens (including phenoxy) is 1. The van der Waals surface area contributed by atoms with E-state index in [-0.39, 0.29) is 42.5 Å². The van der Waals surface area contributed by atoms with Crippen LogP contribution in [0.4, 0.5) is 0 Å². The number of nitrogens with one attached hydrogen (secondary N) is 5. The average Bonchev–Trinajstić information content (AvgIpc) is 3.39. The minimum absolute atomic E-state index is 0.111. The lowest BCUT2D eigenvalue weighted by molar-refractivity contribution is -0.156. The number of amides is 4. The number of aromatic nitrogens is 1. The third kappa shape index (κ3) is 13.7. The van der Waals surface area contributed by atoms with E-state index in [2.05, 4.69) is 26.3 Å². The number of aromatic hydroxyl groups is 1. The Bertz CT molecular complexity index is 1460. The van der Waals surface area contributed by atoms with E-state index in [1.54, 1.807) is 24.4 Å². The number of aliphatic hydroxyl groups excluding tert-OH is 1. The number of benzene rings is 1. The molecule has 0 unspecified atom stereocenters. The van der Waals surface area contributed by atoms with Gasteiger partial charge in [0, 0.05) is 61.2 Å². The van der Waals surface area contributed by atoms with E-state index in [4.69, 9.17) is 9.84 Å². The number of carboxylic acid groups (broad SMARTS) is 1. The van der Waals surface area contributed by atoms with E-state index in [1.807, 2.05) is 0 Å². The molecule has 2 rings (SSSR count). The summed E-state index contributed by atoms with van der Waals surface area (Å²) in [4.78, 5) is 86.1. The van der Waals surface area contributed by atoms with Crippen molar-refractivity contribution in [3.8, 4) is 5.75 Å². The zero-order valence-electron chi connectivity index (χ0n) is 26.3. The lowest BCUT2D eigenvalue weighted by Gasteiger charge is -2.29. The predicted molar refractivity (Wildman–Crippen MR) is 170 cm³/mol. The number of aliphatic carboxylic acids is 1. The molecule has 2 atom stereocenters. The molecule has 17 heteroatoms. The zero-order chi connectivity index (χ0) is 35.1. The first kappa shape index (κ1) is 38.5. The van der Waals surface area contributed by atoms with Gasteiger partial charge in [0.1, 0.15) is 17.9 Å². The highest BCUT2D eigenvalue weighted by Crippen LogP contribution is 2.23. The van der Waals surface area contributed by atoms with Crippen molar-refractivity contribution in [2.75, 3.05) is 32.0 Å². The van der Waals surface area contributed by atoms with Gasteiger partial charge in [-0.15, -0.1) is 0 Å². The standard InChI is InChI=1S/C30H41N5O11S/c1-17(36)35-22(29(44)45)13-25(40)46-16-30(2,3)27(42)28(43)33-9-7-23(38)32-10-11-47-26(41)14-24(39)31-8-6-18-15-34-21-5-4-19(37)12-20(18)21/h4-5,12,15,22,27,34,37,42H,6-11,13-14,16H2,1-3H3,(H,31,39)(H,32,38)(H,33,43)(H,35,36)(H,44,45)/t22-,27-/m0/s1. The molecule has 0 saturated heterocycles. The minimum atomic E-state index is -1.63. The van der Waals surface area contributed by atoms with E-state index < -0.39 is 66.2 Å². The first-order valence-corrected chi connectivity index (χ1v) is 15.7. The number of carboxylic acids is 1. The predicted octanol–water partition coefficient (Wildman–Crippen LogP) is -0.286. The van der Waals surface area contributed by atoms with Crippen LogP contribution in [0.2, 0.25) is 0 Å². The Labute approximate surface area is 274 Å². The summed E-state index contributed by atoms with van der Waals surface area (Å²) in [6.45, 7) is 3.90. The van der Waals surface area contributed by atoms with Crippen molar-refractivity contribution in [1.82, 2.24) is 26.3 Å². The van der Waals surface area contributed by atoms with Crippen LogP contribution in [0.15, 0.2) is 24.4 Å². The molecule has 1 heterocycles. The van der Waals surface area contributed by atoms with Gasteiger partial charge in [-0.25, -0.2) is 4.79 Å². The summed E-state index contributed by atoms with van der Waals surface area (Å²) in [7, 11) is 0. The van der Waals surface area contributed by atoms with Crippen LogP contribution in [0.1, 0.15) is 45.6 Å². The molecule has 0 aliphatic heterocycles. The maximum atomic E-state index is 12.4. The van der Waals surface area contributed by atoms with Gasteiger partial charge in [0.05, 0.1) is 19.4 Å². The van der Waals surface area contributed by atoms with E-state index in [9.17, 15) is 43.8 Å². The van der Waals surface area contributed by atoms with Gasteiger partial charge in [-0.3, -0.25) is 28.8 Å². The molecule has 0 radical (unpaired) electrons. The van der Waals surface area contributed by atoms with Crippen LogP contribution >= 0.6 is 11.8 Å². The second-order valence-electron chi connectivity index (χ2n) is 11.3. The smallest absolute Gasteiger partial charge is 0.326 e. The van der Waals surface area contributed by atoms with Gasteiger partial charge in [-0.2, -0.15) is 0 Å². The SMILES string of the molecule is CC(=O)N[C@@H](CC(=O)OCC(C)(C)[C@@H](O)C(=O)NCCC(=O)NCCSC(=O)CC(=O)NCCc1c[nH]c2ccc(O)cc12)C(=O)O. The number of phenols is 1. The third-order valence-corrected chi connectivity index (χ3v) is 7.63. The van der Waals surface area contributed by atoms with Crippen LogP contribution in [0.5, 0.6) is 5.75 Å². The Morgan fingerprint density at radius 3 is 2.38 bits per heavy atom. The molecule has 0 fully saturated rings. The number of hydrogen-bond donors (Lipinski definition) is 8. The summed E-state index contributed by atoms with van der Waals surface area (Å²) in [5.74, 6) is -4.32. The summed E-state index contributed by atoms with van der Waals surface area (Å²) < 4.78 is 5.01. The van der Waals surface area contributed by atoms with Crippen molar-refractivity contribution in [3.63, 3.8) is 0 Å². The molecule has 1 aromatic heterocycles. The molecular weight excluding hydrogens is 638 g/mol. The number of thioether (sulfide) groups is 1. The fourth-order valence-corrected chi connectivity index (χ4v) is 4.83. The highest BCUT2D eigenvalue weighted by atomic mass is 32.2. The van der Waals surface area contributed by atoms with Crippen LogP contribution in [0.3, 0.4) is 0 Å². The molecule has 258 valence electrons. The van der Waals surface area contributed by atoms with Crippen LogP contribution in [-0.4, -0.2) is 105 Å². The number of phenolic OH excluding ortho intramolecular Hbond substituents is 1. The van der Waals surface area contributed by atoms with Crippen molar-refractivity contribution in [2.24, 2.45) is 5.41 Å². The number of hydrogen-bond acceptors (Lipinski definition) is 11. The molecule has 1 aromatic carbocycles. The first-order valence-electron chi connectivity index (χ1n) is 14.7. The van der Waals surface area contributed by atoms with Crippen LogP contribution < -0.4 is 21.3 Å². The number of aliphatic hydroxyl groups is 1. The van der Waals surface area contributed by atoms with Crippen molar-refractivity contribution in [3.05, 3.63) is 30.0 Å². The first-order chi connectivity index (χ1) is 22.1. The van der Waals surface area contributed by atoms with Crippen molar-refractivity contribution in [1.29, 1.82) is 0 Å². The molecule has 8 N–H and O–H groups in total. The Balaban J connectivity index is 1.58.